The number of carbonyl (C=O) groups is 1. The summed E-state index contributed by atoms with van der Waals surface area (Å²) in [5, 5.41) is 0.981. The van der Waals surface area contributed by atoms with Gasteiger partial charge in [0.05, 0.1) is 6.04 Å². The van der Waals surface area contributed by atoms with Crippen LogP contribution in [0.3, 0.4) is 0 Å². The average Bonchev–Trinajstić information content (AvgIpc) is 2.74. The van der Waals surface area contributed by atoms with Crippen LogP contribution in [-0.4, -0.2) is 16.4 Å². The largest absolute Gasteiger partial charge is 0.347 e. The third kappa shape index (κ3) is 2.22. The first-order valence-electron chi connectivity index (χ1n) is 6.16. The molecule has 1 unspecified atom stereocenters. The monoisotopic (exact) mass is 308 g/mol. The standard InChI is InChI=1S/C14H17BrN2O/c1-3-12(16)14(18)11-8-17(4-2)13-7-9(15)5-6-10(11)13/h5-8,12H,3-4,16H2,1-2H3. The molecule has 0 saturated carbocycles. The lowest BCUT2D eigenvalue weighted by Crippen LogP contribution is -2.29. The van der Waals surface area contributed by atoms with E-state index in [-0.39, 0.29) is 5.78 Å². The highest BCUT2D eigenvalue weighted by Crippen LogP contribution is 2.26. The molecule has 1 atom stereocenters. The van der Waals surface area contributed by atoms with Crippen LogP contribution in [0.5, 0.6) is 0 Å². The average molecular weight is 309 g/mol. The van der Waals surface area contributed by atoms with E-state index in [0.717, 1.165) is 27.5 Å². The molecule has 0 radical (unpaired) electrons. The number of rotatable bonds is 4. The molecule has 0 aliphatic carbocycles. The summed E-state index contributed by atoms with van der Waals surface area (Å²) in [4.78, 5) is 12.3. The van der Waals surface area contributed by atoms with E-state index >= 15 is 0 Å². The van der Waals surface area contributed by atoms with Crippen molar-refractivity contribution >= 4 is 32.6 Å². The Bertz CT molecular complexity index is 589. The minimum Gasteiger partial charge on any atom is -0.347 e. The lowest BCUT2D eigenvalue weighted by atomic mass is 10.0. The minimum absolute atomic E-state index is 0.0250. The van der Waals surface area contributed by atoms with E-state index < -0.39 is 6.04 Å². The summed E-state index contributed by atoms with van der Waals surface area (Å²) >= 11 is 3.46. The molecule has 18 heavy (non-hydrogen) atoms. The van der Waals surface area contributed by atoms with Crippen molar-refractivity contribution in [1.82, 2.24) is 4.57 Å². The van der Waals surface area contributed by atoms with Crippen molar-refractivity contribution in [1.29, 1.82) is 0 Å². The highest BCUT2D eigenvalue weighted by atomic mass is 79.9. The topological polar surface area (TPSA) is 48.0 Å². The highest BCUT2D eigenvalue weighted by molar-refractivity contribution is 9.10. The summed E-state index contributed by atoms with van der Waals surface area (Å²) in [6.07, 6.45) is 2.57. The second-order valence-electron chi connectivity index (χ2n) is 4.37. The van der Waals surface area contributed by atoms with Crippen molar-refractivity contribution in [2.45, 2.75) is 32.9 Å². The van der Waals surface area contributed by atoms with Gasteiger partial charge in [-0.1, -0.05) is 28.9 Å². The fourth-order valence-electron chi connectivity index (χ4n) is 2.11. The molecule has 1 heterocycles. The van der Waals surface area contributed by atoms with Gasteiger partial charge in [-0.3, -0.25) is 4.79 Å². The number of aryl methyl sites for hydroxylation is 1. The van der Waals surface area contributed by atoms with Crippen LogP contribution in [0.15, 0.2) is 28.9 Å². The third-order valence-electron chi connectivity index (χ3n) is 3.23. The van der Waals surface area contributed by atoms with Crippen LogP contribution in [0.1, 0.15) is 30.6 Å². The van der Waals surface area contributed by atoms with Crippen LogP contribution >= 0.6 is 15.9 Å². The molecule has 0 aliphatic heterocycles. The molecule has 0 saturated heterocycles. The molecule has 4 heteroatoms. The van der Waals surface area contributed by atoms with Gasteiger partial charge in [-0.25, -0.2) is 0 Å². The number of nitrogens with two attached hydrogens (primary N) is 1. The first-order valence-corrected chi connectivity index (χ1v) is 6.96. The van der Waals surface area contributed by atoms with Gasteiger partial charge in [-0.2, -0.15) is 0 Å². The Labute approximate surface area is 115 Å². The smallest absolute Gasteiger partial charge is 0.181 e. The SMILES string of the molecule is CCC(N)C(=O)c1cn(CC)c2cc(Br)ccc12. The van der Waals surface area contributed by atoms with E-state index in [2.05, 4.69) is 27.4 Å². The van der Waals surface area contributed by atoms with Gasteiger partial charge in [-0.05, 0) is 25.5 Å². The van der Waals surface area contributed by atoms with Gasteiger partial charge in [-0.15, -0.1) is 0 Å². The van der Waals surface area contributed by atoms with Gasteiger partial charge in [0.25, 0.3) is 0 Å². The number of benzene rings is 1. The Balaban J connectivity index is 2.62. The highest BCUT2D eigenvalue weighted by Gasteiger charge is 2.19. The summed E-state index contributed by atoms with van der Waals surface area (Å²) in [7, 11) is 0. The normalized spacial score (nSPS) is 12.9. The van der Waals surface area contributed by atoms with E-state index in [4.69, 9.17) is 5.73 Å². The molecule has 0 bridgehead atoms. The molecular formula is C14H17BrN2O. The number of hydrogen-bond donors (Lipinski definition) is 1. The number of hydrogen-bond acceptors (Lipinski definition) is 2. The maximum absolute atomic E-state index is 12.3. The number of carbonyl (C=O) groups excluding carboxylic acids is 1. The zero-order valence-electron chi connectivity index (χ0n) is 10.6. The quantitative estimate of drug-likeness (QED) is 0.881. The van der Waals surface area contributed by atoms with Crippen molar-refractivity contribution in [2.24, 2.45) is 5.73 Å². The van der Waals surface area contributed by atoms with Gasteiger partial charge >= 0.3 is 0 Å². The minimum atomic E-state index is -0.412. The molecule has 96 valence electrons. The maximum Gasteiger partial charge on any atom is 0.181 e. The summed E-state index contributed by atoms with van der Waals surface area (Å²) in [5.74, 6) is 0.0250. The molecule has 1 aromatic heterocycles. The van der Waals surface area contributed by atoms with Crippen molar-refractivity contribution in [3.8, 4) is 0 Å². The van der Waals surface area contributed by atoms with Crippen LogP contribution < -0.4 is 5.73 Å². The van der Waals surface area contributed by atoms with E-state index in [1.165, 1.54) is 0 Å². The molecule has 0 amide bonds. The maximum atomic E-state index is 12.3. The fourth-order valence-corrected chi connectivity index (χ4v) is 2.46. The van der Waals surface area contributed by atoms with E-state index in [9.17, 15) is 4.79 Å². The van der Waals surface area contributed by atoms with Crippen LogP contribution in [0.25, 0.3) is 10.9 Å². The molecule has 2 N–H and O–H groups in total. The number of ketones is 1. The van der Waals surface area contributed by atoms with Gasteiger partial charge < -0.3 is 10.3 Å². The second-order valence-corrected chi connectivity index (χ2v) is 5.28. The first-order chi connectivity index (χ1) is 8.58. The second kappa shape index (κ2) is 5.24. The molecule has 2 aromatic rings. The van der Waals surface area contributed by atoms with Gasteiger partial charge in [0.1, 0.15) is 0 Å². The molecule has 0 spiro atoms. The number of aromatic nitrogens is 1. The van der Waals surface area contributed by atoms with Gasteiger partial charge in [0.15, 0.2) is 5.78 Å². The van der Waals surface area contributed by atoms with Crippen LogP contribution in [0.4, 0.5) is 0 Å². The van der Waals surface area contributed by atoms with Crippen molar-refractivity contribution in [2.75, 3.05) is 0 Å². The van der Waals surface area contributed by atoms with Crippen molar-refractivity contribution in [3.05, 3.63) is 34.4 Å². The first kappa shape index (κ1) is 13.3. The fraction of sp³-hybridized carbons (Fsp3) is 0.357. The Morgan fingerprint density at radius 3 is 2.78 bits per heavy atom. The predicted octanol–water partition coefficient (Wildman–Crippen LogP) is 3.34. The Hall–Kier alpha value is -1.13. The molecular weight excluding hydrogens is 292 g/mol. The number of halogens is 1. The number of Topliss-reactive ketones (excluding diaryl/α,β-unsaturated/α-hetero) is 1. The Kier molecular flexibility index (Phi) is 3.88. The van der Waals surface area contributed by atoms with Gasteiger partial charge in [0, 0.05) is 33.7 Å². The van der Waals surface area contributed by atoms with Crippen LogP contribution in [0.2, 0.25) is 0 Å². The molecule has 1 aromatic carbocycles. The Morgan fingerprint density at radius 2 is 2.17 bits per heavy atom. The predicted molar refractivity (Wildman–Crippen MR) is 77.9 cm³/mol. The number of nitrogens with zero attached hydrogens (tertiary/aromatic N) is 1. The lowest BCUT2D eigenvalue weighted by molar-refractivity contribution is 0.0961. The van der Waals surface area contributed by atoms with E-state index in [1.54, 1.807) is 0 Å². The summed E-state index contributed by atoms with van der Waals surface area (Å²) in [6, 6.07) is 5.55. The Morgan fingerprint density at radius 1 is 1.44 bits per heavy atom. The van der Waals surface area contributed by atoms with Gasteiger partial charge in [0.2, 0.25) is 0 Å². The zero-order chi connectivity index (χ0) is 13.3. The molecule has 0 aliphatic rings. The van der Waals surface area contributed by atoms with E-state index in [0.29, 0.717) is 6.42 Å². The van der Waals surface area contributed by atoms with Crippen molar-refractivity contribution in [3.63, 3.8) is 0 Å². The summed E-state index contributed by atoms with van der Waals surface area (Å²) in [5.41, 5.74) is 7.65. The summed E-state index contributed by atoms with van der Waals surface area (Å²) in [6.45, 7) is 4.83. The van der Waals surface area contributed by atoms with E-state index in [1.807, 2.05) is 31.3 Å². The van der Waals surface area contributed by atoms with Crippen molar-refractivity contribution < 1.29 is 4.79 Å². The zero-order valence-corrected chi connectivity index (χ0v) is 12.2. The molecule has 2 rings (SSSR count). The third-order valence-corrected chi connectivity index (χ3v) is 3.72. The molecule has 3 nitrogen and oxygen atoms in total. The van der Waals surface area contributed by atoms with Crippen LogP contribution in [0, 0.1) is 0 Å². The van der Waals surface area contributed by atoms with Crippen LogP contribution in [-0.2, 0) is 6.54 Å². The lowest BCUT2D eigenvalue weighted by Gasteiger charge is -2.05. The summed E-state index contributed by atoms with van der Waals surface area (Å²) < 4.78 is 3.09. The number of fused-ring (bicyclic) bond motifs is 1. The molecule has 0 fully saturated rings.